The molecule has 0 aliphatic heterocycles. The normalized spacial score (nSPS) is 10.8. The largest absolute Gasteiger partial charge is 0.496 e. The SMILES string of the molecule is COc1cc(OC)c(-c2cc3ccccc3c3cc(OC)c(OC)cc23)cc1OC. The maximum absolute atomic E-state index is 5.71. The Kier molecular flexibility index (Phi) is 5.27. The third-order valence-corrected chi connectivity index (χ3v) is 5.36. The maximum atomic E-state index is 5.71. The van der Waals surface area contributed by atoms with E-state index in [0.717, 1.165) is 32.7 Å². The van der Waals surface area contributed by atoms with Crippen LogP contribution in [0.4, 0.5) is 0 Å². The quantitative estimate of drug-likeness (QED) is 0.386. The first kappa shape index (κ1) is 19.7. The van der Waals surface area contributed by atoms with Crippen molar-refractivity contribution < 1.29 is 23.7 Å². The molecule has 0 atom stereocenters. The number of rotatable bonds is 6. The zero-order valence-electron chi connectivity index (χ0n) is 17.7. The van der Waals surface area contributed by atoms with Crippen LogP contribution in [0.2, 0.25) is 0 Å². The van der Waals surface area contributed by atoms with E-state index in [1.165, 1.54) is 0 Å². The topological polar surface area (TPSA) is 46.2 Å². The van der Waals surface area contributed by atoms with Gasteiger partial charge in [-0.2, -0.15) is 0 Å². The average Bonchev–Trinajstić information content (AvgIpc) is 2.81. The molecule has 0 heterocycles. The summed E-state index contributed by atoms with van der Waals surface area (Å²) >= 11 is 0. The van der Waals surface area contributed by atoms with Crippen molar-refractivity contribution >= 4 is 21.5 Å². The molecular formula is C25H24O5. The van der Waals surface area contributed by atoms with Gasteiger partial charge in [0, 0.05) is 11.6 Å². The molecule has 154 valence electrons. The molecule has 0 N–H and O–H groups in total. The molecule has 4 aromatic rings. The molecule has 0 spiro atoms. The monoisotopic (exact) mass is 404 g/mol. The van der Waals surface area contributed by atoms with Gasteiger partial charge in [0.25, 0.3) is 0 Å². The van der Waals surface area contributed by atoms with Crippen molar-refractivity contribution in [3.8, 4) is 39.9 Å². The summed E-state index contributed by atoms with van der Waals surface area (Å²) in [5, 5.41) is 4.34. The van der Waals surface area contributed by atoms with Gasteiger partial charge in [-0.15, -0.1) is 0 Å². The van der Waals surface area contributed by atoms with Crippen LogP contribution in [0.1, 0.15) is 0 Å². The number of benzene rings is 4. The minimum atomic E-state index is 0.613. The van der Waals surface area contributed by atoms with Gasteiger partial charge in [0.2, 0.25) is 0 Å². The number of fused-ring (bicyclic) bond motifs is 3. The van der Waals surface area contributed by atoms with E-state index in [4.69, 9.17) is 23.7 Å². The van der Waals surface area contributed by atoms with Gasteiger partial charge in [-0.05, 0) is 51.4 Å². The fourth-order valence-corrected chi connectivity index (χ4v) is 3.89. The number of hydrogen-bond donors (Lipinski definition) is 0. The van der Waals surface area contributed by atoms with Crippen molar-refractivity contribution in [2.75, 3.05) is 35.5 Å². The van der Waals surface area contributed by atoms with Crippen molar-refractivity contribution in [2.24, 2.45) is 0 Å². The van der Waals surface area contributed by atoms with Crippen LogP contribution in [-0.4, -0.2) is 35.5 Å². The molecule has 0 saturated carbocycles. The maximum Gasteiger partial charge on any atom is 0.164 e. The van der Waals surface area contributed by atoms with Crippen LogP contribution in [0.15, 0.2) is 54.6 Å². The Morgan fingerprint density at radius 3 is 1.60 bits per heavy atom. The van der Waals surface area contributed by atoms with Crippen molar-refractivity contribution in [1.82, 2.24) is 0 Å². The van der Waals surface area contributed by atoms with Gasteiger partial charge in [-0.3, -0.25) is 0 Å². The Labute approximate surface area is 175 Å². The molecule has 0 aromatic heterocycles. The predicted octanol–water partition coefficient (Wildman–Crippen LogP) is 5.70. The van der Waals surface area contributed by atoms with Crippen LogP contribution in [0.25, 0.3) is 32.7 Å². The summed E-state index contributed by atoms with van der Waals surface area (Å²) < 4.78 is 27.9. The molecule has 0 bridgehead atoms. The predicted molar refractivity (Wildman–Crippen MR) is 120 cm³/mol. The van der Waals surface area contributed by atoms with E-state index in [1.807, 2.05) is 36.4 Å². The van der Waals surface area contributed by atoms with Crippen molar-refractivity contribution in [1.29, 1.82) is 0 Å². The highest BCUT2D eigenvalue weighted by atomic mass is 16.5. The van der Waals surface area contributed by atoms with Crippen LogP contribution in [0.5, 0.6) is 28.7 Å². The van der Waals surface area contributed by atoms with Crippen LogP contribution < -0.4 is 23.7 Å². The fourth-order valence-electron chi connectivity index (χ4n) is 3.89. The van der Waals surface area contributed by atoms with Gasteiger partial charge in [0.15, 0.2) is 23.0 Å². The van der Waals surface area contributed by atoms with E-state index in [0.29, 0.717) is 28.7 Å². The van der Waals surface area contributed by atoms with Crippen molar-refractivity contribution in [3.63, 3.8) is 0 Å². The van der Waals surface area contributed by atoms with Gasteiger partial charge in [-0.25, -0.2) is 0 Å². The summed E-state index contributed by atoms with van der Waals surface area (Å²) in [5.41, 5.74) is 1.90. The second-order valence-corrected chi connectivity index (χ2v) is 6.81. The fraction of sp³-hybridized carbons (Fsp3) is 0.200. The highest BCUT2D eigenvalue weighted by molar-refractivity contribution is 6.15. The summed E-state index contributed by atoms with van der Waals surface area (Å²) in [5.74, 6) is 3.30. The van der Waals surface area contributed by atoms with Crippen molar-refractivity contribution in [2.45, 2.75) is 0 Å². The van der Waals surface area contributed by atoms with E-state index in [9.17, 15) is 0 Å². The van der Waals surface area contributed by atoms with E-state index < -0.39 is 0 Å². The first-order valence-electron chi connectivity index (χ1n) is 9.53. The summed E-state index contributed by atoms with van der Waals surface area (Å²) in [6.07, 6.45) is 0. The smallest absolute Gasteiger partial charge is 0.164 e. The summed E-state index contributed by atoms with van der Waals surface area (Å²) in [7, 11) is 8.17. The van der Waals surface area contributed by atoms with Gasteiger partial charge >= 0.3 is 0 Å². The molecule has 4 rings (SSSR count). The molecule has 0 aliphatic carbocycles. The van der Waals surface area contributed by atoms with E-state index in [1.54, 1.807) is 35.5 Å². The van der Waals surface area contributed by atoms with Crippen LogP contribution in [0.3, 0.4) is 0 Å². The second kappa shape index (κ2) is 8.03. The third-order valence-electron chi connectivity index (χ3n) is 5.36. The van der Waals surface area contributed by atoms with Crippen molar-refractivity contribution in [3.05, 3.63) is 54.6 Å². The number of hydrogen-bond acceptors (Lipinski definition) is 5. The summed E-state index contributed by atoms with van der Waals surface area (Å²) in [6, 6.07) is 18.3. The molecule has 5 nitrogen and oxygen atoms in total. The molecule has 0 amide bonds. The van der Waals surface area contributed by atoms with Gasteiger partial charge in [0.05, 0.1) is 35.5 Å². The highest BCUT2D eigenvalue weighted by Crippen LogP contribution is 2.46. The van der Waals surface area contributed by atoms with Crippen LogP contribution in [0, 0.1) is 0 Å². The lowest BCUT2D eigenvalue weighted by molar-refractivity contribution is 0.349. The minimum Gasteiger partial charge on any atom is -0.496 e. The third kappa shape index (κ3) is 3.12. The number of ether oxygens (including phenoxy) is 5. The first-order chi connectivity index (χ1) is 14.6. The Bertz CT molecular complexity index is 1230. The lowest BCUT2D eigenvalue weighted by atomic mass is 9.92. The zero-order valence-corrected chi connectivity index (χ0v) is 17.7. The van der Waals surface area contributed by atoms with Crippen LogP contribution >= 0.6 is 0 Å². The highest BCUT2D eigenvalue weighted by Gasteiger charge is 2.18. The zero-order chi connectivity index (χ0) is 21.3. The summed E-state index contributed by atoms with van der Waals surface area (Å²) in [6.45, 7) is 0. The Balaban J connectivity index is 2.15. The summed E-state index contributed by atoms with van der Waals surface area (Å²) in [4.78, 5) is 0. The Morgan fingerprint density at radius 2 is 0.967 bits per heavy atom. The molecule has 0 unspecified atom stereocenters. The van der Waals surface area contributed by atoms with Gasteiger partial charge in [0.1, 0.15) is 5.75 Å². The van der Waals surface area contributed by atoms with E-state index in [2.05, 4.69) is 18.2 Å². The second-order valence-electron chi connectivity index (χ2n) is 6.81. The molecule has 30 heavy (non-hydrogen) atoms. The Morgan fingerprint density at radius 1 is 0.433 bits per heavy atom. The van der Waals surface area contributed by atoms with E-state index >= 15 is 0 Å². The molecular weight excluding hydrogens is 380 g/mol. The molecule has 4 aromatic carbocycles. The lowest BCUT2D eigenvalue weighted by Gasteiger charge is -2.18. The van der Waals surface area contributed by atoms with E-state index in [-0.39, 0.29) is 0 Å². The molecule has 0 aliphatic rings. The molecule has 0 saturated heterocycles. The van der Waals surface area contributed by atoms with Crippen LogP contribution in [-0.2, 0) is 0 Å². The average molecular weight is 404 g/mol. The lowest BCUT2D eigenvalue weighted by Crippen LogP contribution is -1.96. The molecule has 0 fully saturated rings. The van der Waals surface area contributed by atoms with Gasteiger partial charge in [-0.1, -0.05) is 24.3 Å². The minimum absolute atomic E-state index is 0.613. The molecule has 0 radical (unpaired) electrons. The standard InChI is InChI=1S/C25H24O5/c1-26-21-14-25(30-5)24(29-4)13-20(21)17-10-15-8-6-7-9-16(15)18-11-22(27-2)23(28-3)12-19(17)18/h6-14H,1-5H3. The first-order valence-corrected chi connectivity index (χ1v) is 9.53. The number of methoxy groups -OCH3 is 5. The molecule has 5 heteroatoms. The van der Waals surface area contributed by atoms with Gasteiger partial charge < -0.3 is 23.7 Å². The Hall–Kier alpha value is -3.60.